The Labute approximate surface area is 200 Å². The van der Waals surface area contributed by atoms with Crippen molar-refractivity contribution in [2.45, 2.75) is 32.0 Å². The Morgan fingerprint density at radius 3 is 2.54 bits per heavy atom. The van der Waals surface area contributed by atoms with E-state index in [9.17, 15) is 26.9 Å². The third-order valence-corrected chi connectivity index (χ3v) is 7.18. The number of rotatable bonds is 5. The molecule has 3 heterocycles. The molecule has 35 heavy (non-hydrogen) atoms. The van der Waals surface area contributed by atoms with Crippen LogP contribution in [-0.2, 0) is 16.2 Å². The summed E-state index contributed by atoms with van der Waals surface area (Å²) in [7, 11) is -3.29. The minimum atomic E-state index is -4.70. The molecule has 1 aliphatic rings. The van der Waals surface area contributed by atoms with Crippen molar-refractivity contribution in [1.29, 1.82) is 5.26 Å². The number of hydrogen-bond acceptors (Lipinski definition) is 7. The van der Waals surface area contributed by atoms with Gasteiger partial charge in [0.1, 0.15) is 17.0 Å². The first-order valence-electron chi connectivity index (χ1n) is 10.7. The van der Waals surface area contributed by atoms with Gasteiger partial charge in [0.25, 0.3) is 0 Å². The number of halogens is 3. The summed E-state index contributed by atoms with van der Waals surface area (Å²) in [5.41, 5.74) is 0.321. The van der Waals surface area contributed by atoms with Gasteiger partial charge in [0.15, 0.2) is 0 Å². The number of sulfonamides is 1. The van der Waals surface area contributed by atoms with E-state index in [-0.39, 0.29) is 23.4 Å². The molecule has 1 aliphatic heterocycles. The van der Waals surface area contributed by atoms with Gasteiger partial charge < -0.3 is 9.88 Å². The maximum Gasteiger partial charge on any atom is 0.420 e. The summed E-state index contributed by atoms with van der Waals surface area (Å²) in [5, 5.41) is 12.3. The third kappa shape index (κ3) is 5.28. The monoisotopic (exact) mass is 505 g/mol. The molecule has 0 radical (unpaired) electrons. The number of aromatic nitrogens is 4. The van der Waals surface area contributed by atoms with Gasteiger partial charge in [-0.05, 0) is 37.5 Å². The van der Waals surface area contributed by atoms with Crippen molar-refractivity contribution >= 4 is 16.0 Å². The lowest BCUT2D eigenvalue weighted by atomic mass is 10.1. The van der Waals surface area contributed by atoms with Crippen LogP contribution in [0.2, 0.25) is 0 Å². The highest BCUT2D eigenvalue weighted by Gasteiger charge is 2.36. The van der Waals surface area contributed by atoms with Crippen LogP contribution < -0.4 is 5.32 Å². The van der Waals surface area contributed by atoms with Crippen molar-refractivity contribution in [2.24, 2.45) is 0 Å². The molecule has 0 aliphatic carbocycles. The van der Waals surface area contributed by atoms with E-state index in [1.165, 1.54) is 16.8 Å². The van der Waals surface area contributed by atoms with Crippen LogP contribution in [0, 0.1) is 18.3 Å². The average molecular weight is 506 g/mol. The van der Waals surface area contributed by atoms with Crippen LogP contribution in [0.4, 0.5) is 19.1 Å². The van der Waals surface area contributed by atoms with E-state index in [1.54, 1.807) is 29.7 Å². The van der Waals surface area contributed by atoms with E-state index in [0.717, 1.165) is 12.5 Å². The highest BCUT2D eigenvalue weighted by molar-refractivity contribution is 7.88. The predicted molar refractivity (Wildman–Crippen MR) is 122 cm³/mol. The molecule has 1 saturated heterocycles. The molecular weight excluding hydrogens is 483 g/mol. The lowest BCUT2D eigenvalue weighted by Gasteiger charge is -2.30. The Morgan fingerprint density at radius 1 is 1.20 bits per heavy atom. The zero-order chi connectivity index (χ0) is 25.4. The van der Waals surface area contributed by atoms with Crippen LogP contribution in [0.5, 0.6) is 0 Å². The lowest BCUT2D eigenvalue weighted by Crippen LogP contribution is -2.42. The Bertz CT molecular complexity index is 1390. The number of alkyl halides is 3. The van der Waals surface area contributed by atoms with Crippen molar-refractivity contribution < 1.29 is 21.6 Å². The number of benzene rings is 1. The largest absolute Gasteiger partial charge is 0.420 e. The van der Waals surface area contributed by atoms with E-state index >= 15 is 0 Å². The highest BCUT2D eigenvalue weighted by atomic mass is 32.2. The number of imidazole rings is 1. The molecule has 1 aromatic carbocycles. The molecule has 0 spiro atoms. The normalized spacial score (nSPS) is 15.7. The number of nitrogens with one attached hydrogen (secondary N) is 1. The van der Waals surface area contributed by atoms with Crippen molar-refractivity contribution in [2.75, 3.05) is 24.7 Å². The third-order valence-electron chi connectivity index (χ3n) is 5.88. The van der Waals surface area contributed by atoms with Crippen molar-refractivity contribution in [3.05, 3.63) is 53.6 Å². The molecule has 1 fully saturated rings. The summed E-state index contributed by atoms with van der Waals surface area (Å²) in [5.74, 6) is 0.00279. The fraction of sp³-hybridized carbons (Fsp3) is 0.364. The van der Waals surface area contributed by atoms with E-state index in [0.29, 0.717) is 42.7 Å². The number of hydrogen-bond donors (Lipinski definition) is 1. The molecule has 184 valence electrons. The maximum absolute atomic E-state index is 13.7. The quantitative estimate of drug-likeness (QED) is 0.565. The Morgan fingerprint density at radius 2 is 1.91 bits per heavy atom. The topological polar surface area (TPSA) is 117 Å². The number of anilines is 1. The van der Waals surface area contributed by atoms with Crippen LogP contribution in [0.15, 0.2) is 36.9 Å². The van der Waals surface area contributed by atoms with Gasteiger partial charge in [-0.15, -0.1) is 0 Å². The molecular formula is C22H22F3N7O2S. The number of nitrogens with zero attached hydrogens (tertiary/aromatic N) is 6. The summed E-state index contributed by atoms with van der Waals surface area (Å²) < 4.78 is 67.5. The molecule has 3 aromatic rings. The molecule has 13 heteroatoms. The van der Waals surface area contributed by atoms with E-state index in [1.807, 2.05) is 0 Å². The van der Waals surface area contributed by atoms with Gasteiger partial charge in [0, 0.05) is 31.5 Å². The Kier molecular flexibility index (Phi) is 6.52. The second kappa shape index (κ2) is 9.27. The molecule has 1 N–H and O–H groups in total. The Balaban J connectivity index is 1.64. The van der Waals surface area contributed by atoms with Crippen LogP contribution in [0.1, 0.15) is 29.5 Å². The van der Waals surface area contributed by atoms with Gasteiger partial charge in [0.2, 0.25) is 16.0 Å². The van der Waals surface area contributed by atoms with Crippen molar-refractivity contribution in [1.82, 2.24) is 23.8 Å². The molecule has 0 unspecified atom stereocenters. The van der Waals surface area contributed by atoms with Gasteiger partial charge in [-0.2, -0.15) is 18.4 Å². The van der Waals surface area contributed by atoms with Crippen LogP contribution in [-0.4, -0.2) is 57.6 Å². The molecule has 0 bridgehead atoms. The predicted octanol–water partition coefficient (Wildman–Crippen LogP) is 3.36. The minimum Gasteiger partial charge on any atom is -0.351 e. The lowest BCUT2D eigenvalue weighted by molar-refractivity contribution is -0.137. The van der Waals surface area contributed by atoms with Crippen LogP contribution in [0.3, 0.4) is 0 Å². The van der Waals surface area contributed by atoms with E-state index in [2.05, 4.69) is 26.3 Å². The van der Waals surface area contributed by atoms with E-state index in [4.69, 9.17) is 0 Å². The second-order valence-electron chi connectivity index (χ2n) is 8.26. The zero-order valence-electron chi connectivity index (χ0n) is 18.9. The van der Waals surface area contributed by atoms with Crippen molar-refractivity contribution in [3.63, 3.8) is 0 Å². The molecule has 9 nitrogen and oxygen atoms in total. The first-order chi connectivity index (χ1) is 16.5. The van der Waals surface area contributed by atoms with Gasteiger partial charge in [-0.1, -0.05) is 6.07 Å². The van der Waals surface area contributed by atoms with Crippen LogP contribution >= 0.6 is 0 Å². The van der Waals surface area contributed by atoms with E-state index < -0.39 is 21.8 Å². The number of piperidine rings is 1. The van der Waals surface area contributed by atoms with Gasteiger partial charge in [-0.25, -0.2) is 27.7 Å². The Hall–Kier alpha value is -3.50. The van der Waals surface area contributed by atoms with Gasteiger partial charge in [-0.3, -0.25) is 0 Å². The first kappa shape index (κ1) is 24.6. The first-order valence-corrected chi connectivity index (χ1v) is 12.5. The molecule has 0 amide bonds. The van der Waals surface area contributed by atoms with Gasteiger partial charge >= 0.3 is 6.18 Å². The maximum atomic E-state index is 13.7. The SMILES string of the molecule is Cc1c(C#N)cccc1-n1cnc(-c2nc(NC3CCN(S(C)(=O)=O)CC3)ncc2C(F)(F)F)c1. The highest BCUT2D eigenvalue weighted by Crippen LogP contribution is 2.36. The second-order valence-corrected chi connectivity index (χ2v) is 10.2. The standard InChI is InChI=1S/C22H22F3N7O2S/c1-14-15(10-26)4-3-5-19(14)31-12-18(28-13-31)20-17(22(23,24)25)11-27-21(30-20)29-16-6-8-32(9-7-16)35(2,33)34/h3-5,11-13,16H,6-9H2,1-2H3,(H,27,29,30). The summed E-state index contributed by atoms with van der Waals surface area (Å²) in [6, 6.07) is 6.97. The van der Waals surface area contributed by atoms with Crippen molar-refractivity contribution in [3.8, 4) is 23.1 Å². The summed E-state index contributed by atoms with van der Waals surface area (Å²) in [4.78, 5) is 12.1. The average Bonchev–Trinajstić information content (AvgIpc) is 3.28. The number of nitriles is 1. The van der Waals surface area contributed by atoms with Crippen LogP contribution in [0.25, 0.3) is 17.1 Å². The minimum absolute atomic E-state index is 0.00279. The molecule has 0 saturated carbocycles. The summed E-state index contributed by atoms with van der Waals surface area (Å²) in [6.45, 7) is 2.35. The zero-order valence-corrected chi connectivity index (χ0v) is 19.7. The molecule has 2 aromatic heterocycles. The fourth-order valence-electron chi connectivity index (χ4n) is 3.97. The molecule has 0 atom stereocenters. The summed E-state index contributed by atoms with van der Waals surface area (Å²) in [6.07, 6.45) is 0.894. The van der Waals surface area contributed by atoms with Gasteiger partial charge in [0.05, 0.1) is 29.9 Å². The molecule has 4 rings (SSSR count). The smallest absolute Gasteiger partial charge is 0.351 e. The summed E-state index contributed by atoms with van der Waals surface area (Å²) >= 11 is 0. The fourth-order valence-corrected chi connectivity index (χ4v) is 4.84.